The zero-order valence-electron chi connectivity index (χ0n) is 40.0. The van der Waals surface area contributed by atoms with Crippen molar-refractivity contribution in [2.75, 3.05) is 9.80 Å². The van der Waals surface area contributed by atoms with Gasteiger partial charge < -0.3 is 28.1 Å². The molecule has 0 N–H and O–H groups in total. The SMILES string of the molecule is [C-]#[N+]c1c(C#N)c(N2c3ccc(-c4ccccc4)cc3Oc3cc4oc5ccccc5c4cc32)c2c(c1N1c3ccc(-c4ccccc4)cc3Oc3cc4oc5ccccc5c4cc31)C(C)(C)CCC2(C)C. The second kappa shape index (κ2) is 15.1. The number of nitrogens with zero attached hydrogens (tertiary/aromatic N) is 4. The average molecular weight is 933 g/mol. The quantitative estimate of drug-likeness (QED) is 0.163. The van der Waals surface area contributed by atoms with Crippen molar-refractivity contribution >= 4 is 83.7 Å². The number of hydrogen-bond acceptors (Lipinski definition) is 7. The van der Waals surface area contributed by atoms with E-state index < -0.39 is 10.8 Å². The molecule has 14 rings (SSSR count). The molecular formula is C64H44N4O4. The Kier molecular flexibility index (Phi) is 8.76. The molecule has 2 aliphatic heterocycles. The normalized spacial score (nSPS) is 14.9. The first-order valence-electron chi connectivity index (χ1n) is 24.4. The molecule has 344 valence electrons. The van der Waals surface area contributed by atoms with Gasteiger partial charge in [0.2, 0.25) is 5.69 Å². The number of benzene rings is 9. The van der Waals surface area contributed by atoms with E-state index in [-0.39, 0.29) is 11.3 Å². The van der Waals surface area contributed by atoms with Gasteiger partial charge in [-0.25, -0.2) is 4.85 Å². The molecule has 0 atom stereocenters. The van der Waals surface area contributed by atoms with Crippen LogP contribution in [0.2, 0.25) is 0 Å². The highest BCUT2D eigenvalue weighted by atomic mass is 16.5. The molecule has 0 bridgehead atoms. The molecule has 1 aliphatic carbocycles. The van der Waals surface area contributed by atoms with Crippen molar-refractivity contribution < 1.29 is 18.3 Å². The van der Waals surface area contributed by atoms with Gasteiger partial charge >= 0.3 is 0 Å². The van der Waals surface area contributed by atoms with Gasteiger partial charge in [-0.05, 0) is 106 Å². The van der Waals surface area contributed by atoms with Crippen molar-refractivity contribution in [1.82, 2.24) is 0 Å². The molecule has 0 fully saturated rings. The number of nitriles is 1. The molecule has 2 aromatic heterocycles. The first kappa shape index (κ1) is 41.7. The van der Waals surface area contributed by atoms with Gasteiger partial charge in [-0.2, -0.15) is 5.26 Å². The highest BCUT2D eigenvalue weighted by molar-refractivity contribution is 6.11. The molecular weight excluding hydrogens is 889 g/mol. The largest absolute Gasteiger partial charge is 0.456 e. The van der Waals surface area contributed by atoms with Crippen molar-refractivity contribution in [2.24, 2.45) is 0 Å². The minimum atomic E-state index is -0.490. The summed E-state index contributed by atoms with van der Waals surface area (Å²) in [6.07, 6.45) is 1.67. The van der Waals surface area contributed by atoms with Crippen LogP contribution in [0.15, 0.2) is 179 Å². The summed E-state index contributed by atoms with van der Waals surface area (Å²) < 4.78 is 26.9. The number of hydrogen-bond donors (Lipinski definition) is 0. The molecule has 0 radical (unpaired) electrons. The molecule has 0 amide bonds. The molecule has 72 heavy (non-hydrogen) atoms. The number of para-hydroxylation sites is 2. The fourth-order valence-electron chi connectivity index (χ4n) is 11.7. The van der Waals surface area contributed by atoms with E-state index in [0.717, 1.165) is 102 Å². The smallest absolute Gasteiger partial charge is 0.230 e. The summed E-state index contributed by atoms with van der Waals surface area (Å²) in [5, 5.41) is 15.8. The van der Waals surface area contributed by atoms with Crippen LogP contribution in [0.5, 0.6) is 23.0 Å². The van der Waals surface area contributed by atoms with Crippen molar-refractivity contribution in [2.45, 2.75) is 51.4 Å². The van der Waals surface area contributed by atoms with Gasteiger partial charge in [-0.1, -0.05) is 137 Å². The molecule has 8 heteroatoms. The van der Waals surface area contributed by atoms with Crippen molar-refractivity contribution in [3.63, 3.8) is 0 Å². The average Bonchev–Trinajstić information content (AvgIpc) is 3.96. The Balaban J connectivity index is 1.10. The fourth-order valence-corrected chi connectivity index (χ4v) is 11.7. The first-order valence-corrected chi connectivity index (χ1v) is 24.4. The van der Waals surface area contributed by atoms with E-state index in [1.165, 1.54) is 0 Å². The Morgan fingerprint density at radius 3 is 1.36 bits per heavy atom. The third-order valence-electron chi connectivity index (χ3n) is 15.3. The topological polar surface area (TPSA) is 79.4 Å². The van der Waals surface area contributed by atoms with Crippen LogP contribution in [-0.4, -0.2) is 0 Å². The molecule has 8 nitrogen and oxygen atoms in total. The fraction of sp³-hybridized carbons (Fsp3) is 0.125. The van der Waals surface area contributed by atoms with Gasteiger partial charge in [0.25, 0.3) is 0 Å². The number of anilines is 6. The predicted octanol–water partition coefficient (Wildman–Crippen LogP) is 18.7. The lowest BCUT2D eigenvalue weighted by Gasteiger charge is -2.48. The van der Waals surface area contributed by atoms with Gasteiger partial charge in [0.1, 0.15) is 22.3 Å². The van der Waals surface area contributed by atoms with Crippen LogP contribution in [0.4, 0.5) is 39.8 Å². The maximum absolute atomic E-state index is 12.0. The molecule has 0 saturated carbocycles. The maximum atomic E-state index is 12.0. The molecule has 11 aromatic rings. The van der Waals surface area contributed by atoms with Crippen LogP contribution in [-0.2, 0) is 10.8 Å². The lowest BCUT2D eigenvalue weighted by molar-refractivity contribution is 0.333. The highest BCUT2D eigenvalue weighted by Gasteiger charge is 2.48. The molecule has 4 heterocycles. The van der Waals surface area contributed by atoms with Gasteiger partial charge in [0, 0.05) is 33.7 Å². The van der Waals surface area contributed by atoms with Crippen molar-refractivity contribution in [3.8, 4) is 51.3 Å². The second-order valence-corrected chi connectivity index (χ2v) is 20.5. The standard InChI is InChI=1S/C64H44N4O4/c1-63(2)28-29-64(3,4)59-58(63)61(67-46-26-24-39(37-16-8-6-9-17-37)30-54(46)71-56-34-52-43(32-48(56)67)41-20-12-14-22-50(41)69-52)45(36-65)60(66-5)62(59)68-47-27-25-40(38-18-10-7-11-19-38)31-55(47)72-57-35-53-44(33-49(57)68)42-21-13-15-23-51(42)70-53/h6-27,30-35H,28-29H2,1-4H3. The Labute approximate surface area is 415 Å². The lowest BCUT2D eigenvalue weighted by Crippen LogP contribution is -2.38. The zero-order chi connectivity index (χ0) is 48.6. The minimum absolute atomic E-state index is 0.255. The van der Waals surface area contributed by atoms with Crippen LogP contribution >= 0.6 is 0 Å². The summed E-state index contributed by atoms with van der Waals surface area (Å²) in [7, 11) is 0. The van der Waals surface area contributed by atoms with E-state index in [4.69, 9.17) is 18.3 Å². The maximum Gasteiger partial charge on any atom is 0.230 e. The lowest BCUT2D eigenvalue weighted by atomic mass is 9.61. The number of fused-ring (bicyclic) bond motifs is 11. The number of furan rings is 2. The van der Waals surface area contributed by atoms with E-state index in [1.807, 2.05) is 84.9 Å². The van der Waals surface area contributed by atoms with Crippen LogP contribution in [0, 0.1) is 17.9 Å². The van der Waals surface area contributed by atoms with E-state index >= 15 is 0 Å². The Hall–Kier alpha value is -9.24. The molecule has 9 aromatic carbocycles. The third kappa shape index (κ3) is 6.03. The summed E-state index contributed by atoms with van der Waals surface area (Å²) >= 11 is 0. The minimum Gasteiger partial charge on any atom is -0.456 e. The second-order valence-electron chi connectivity index (χ2n) is 20.5. The van der Waals surface area contributed by atoms with Crippen molar-refractivity contribution in [1.29, 1.82) is 5.26 Å². The van der Waals surface area contributed by atoms with Gasteiger partial charge in [-0.3, -0.25) is 0 Å². The van der Waals surface area contributed by atoms with Crippen LogP contribution in [0.3, 0.4) is 0 Å². The van der Waals surface area contributed by atoms with Crippen LogP contribution in [0.1, 0.15) is 57.2 Å². The van der Waals surface area contributed by atoms with E-state index in [1.54, 1.807) is 0 Å². The summed E-state index contributed by atoms with van der Waals surface area (Å²) in [4.78, 5) is 8.92. The summed E-state index contributed by atoms with van der Waals surface area (Å²) in [6.45, 7) is 18.5. The van der Waals surface area contributed by atoms with Crippen LogP contribution < -0.4 is 19.3 Å². The zero-order valence-corrected chi connectivity index (χ0v) is 40.0. The number of rotatable bonds is 4. The summed E-state index contributed by atoms with van der Waals surface area (Å²) in [6, 6.07) is 60.1. The summed E-state index contributed by atoms with van der Waals surface area (Å²) in [5.41, 5.74) is 13.0. The van der Waals surface area contributed by atoms with Crippen LogP contribution in [0.25, 0.3) is 71.0 Å². The molecule has 0 saturated heterocycles. The Morgan fingerprint density at radius 2 is 0.889 bits per heavy atom. The number of ether oxygens (including phenoxy) is 2. The molecule has 3 aliphatic rings. The molecule has 0 spiro atoms. The highest BCUT2D eigenvalue weighted by Crippen LogP contribution is 2.65. The van der Waals surface area contributed by atoms with E-state index in [9.17, 15) is 11.8 Å². The van der Waals surface area contributed by atoms with Crippen molar-refractivity contribution in [3.05, 3.63) is 198 Å². The van der Waals surface area contributed by atoms with Gasteiger partial charge in [0.05, 0.1) is 52.3 Å². The molecule has 0 unspecified atom stereocenters. The predicted molar refractivity (Wildman–Crippen MR) is 288 cm³/mol. The van der Waals surface area contributed by atoms with Gasteiger partial charge in [0.15, 0.2) is 23.0 Å². The first-order chi connectivity index (χ1) is 35.1. The monoisotopic (exact) mass is 932 g/mol. The van der Waals surface area contributed by atoms with E-state index in [0.29, 0.717) is 45.5 Å². The Bertz CT molecular complexity index is 3940. The summed E-state index contributed by atoms with van der Waals surface area (Å²) in [5.74, 6) is 2.42. The Morgan fingerprint density at radius 1 is 0.458 bits per heavy atom. The third-order valence-corrected chi connectivity index (χ3v) is 15.3. The van der Waals surface area contributed by atoms with Gasteiger partial charge in [-0.15, -0.1) is 0 Å². The van der Waals surface area contributed by atoms with E-state index in [2.05, 4.69) is 133 Å².